The van der Waals surface area contributed by atoms with Crippen LogP contribution in [0.1, 0.15) is 17.7 Å². The van der Waals surface area contributed by atoms with E-state index in [1.165, 1.54) is 4.31 Å². The number of sulfonamides is 1. The van der Waals surface area contributed by atoms with Crippen LogP contribution in [0.5, 0.6) is 5.75 Å². The van der Waals surface area contributed by atoms with Crippen LogP contribution in [0.4, 0.5) is 5.82 Å². The number of rotatable bonds is 6. The van der Waals surface area contributed by atoms with Gasteiger partial charge in [0.05, 0.1) is 30.3 Å². The summed E-state index contributed by atoms with van der Waals surface area (Å²) in [6.07, 6.45) is 3.03. The Labute approximate surface area is 194 Å². The number of nitrogens with one attached hydrogen (secondary N) is 1. The van der Waals surface area contributed by atoms with E-state index in [0.29, 0.717) is 24.5 Å². The molecule has 0 saturated carbocycles. The van der Waals surface area contributed by atoms with Gasteiger partial charge >= 0.3 is 0 Å². The SMILES string of the molecule is COc1cnc(C)cc1-c1ccc(S(=O)(=O)N2CC[C@@H](Nc3ccc(C)cn3)[C@@H](O)C2)cc1. The van der Waals surface area contributed by atoms with Gasteiger partial charge in [-0.2, -0.15) is 4.31 Å². The molecule has 2 N–H and O–H groups in total. The van der Waals surface area contributed by atoms with Crippen molar-refractivity contribution < 1.29 is 18.3 Å². The molecule has 2 atom stereocenters. The third-order valence-corrected chi connectivity index (χ3v) is 7.70. The normalized spacial score (nSPS) is 19.3. The number of aryl methyl sites for hydroxylation is 2. The number of hydrogen-bond acceptors (Lipinski definition) is 7. The molecule has 174 valence electrons. The first-order valence-corrected chi connectivity index (χ1v) is 12.2. The summed E-state index contributed by atoms with van der Waals surface area (Å²) in [6, 6.07) is 12.1. The Hall–Kier alpha value is -3.01. The van der Waals surface area contributed by atoms with Crippen molar-refractivity contribution in [2.75, 3.05) is 25.5 Å². The van der Waals surface area contributed by atoms with E-state index < -0.39 is 16.1 Å². The summed E-state index contributed by atoms with van der Waals surface area (Å²) in [6.45, 7) is 4.17. The molecule has 0 amide bonds. The lowest BCUT2D eigenvalue weighted by Crippen LogP contribution is -2.51. The molecular formula is C24H28N4O4S. The minimum absolute atomic E-state index is 0.0188. The maximum atomic E-state index is 13.2. The van der Waals surface area contributed by atoms with Crippen molar-refractivity contribution in [2.45, 2.75) is 37.3 Å². The van der Waals surface area contributed by atoms with Gasteiger partial charge in [0.25, 0.3) is 0 Å². The van der Waals surface area contributed by atoms with E-state index >= 15 is 0 Å². The van der Waals surface area contributed by atoms with Crippen molar-refractivity contribution in [3.63, 3.8) is 0 Å². The second-order valence-corrected chi connectivity index (χ2v) is 10.2. The number of aromatic nitrogens is 2. The minimum atomic E-state index is -3.73. The molecule has 0 bridgehead atoms. The number of benzene rings is 1. The Kier molecular flexibility index (Phi) is 6.64. The zero-order valence-corrected chi connectivity index (χ0v) is 19.7. The highest BCUT2D eigenvalue weighted by Crippen LogP contribution is 2.31. The minimum Gasteiger partial charge on any atom is -0.494 e. The Morgan fingerprint density at radius 3 is 2.48 bits per heavy atom. The van der Waals surface area contributed by atoms with Gasteiger partial charge in [-0.3, -0.25) is 4.98 Å². The summed E-state index contributed by atoms with van der Waals surface area (Å²) in [5.74, 6) is 1.29. The smallest absolute Gasteiger partial charge is 0.243 e. The number of nitrogens with zero attached hydrogens (tertiary/aromatic N) is 3. The summed E-state index contributed by atoms with van der Waals surface area (Å²) >= 11 is 0. The fraction of sp³-hybridized carbons (Fsp3) is 0.333. The third kappa shape index (κ3) is 5.00. The van der Waals surface area contributed by atoms with Crippen molar-refractivity contribution in [1.29, 1.82) is 0 Å². The lowest BCUT2D eigenvalue weighted by Gasteiger charge is -2.35. The molecule has 3 aromatic rings. The average molecular weight is 469 g/mol. The van der Waals surface area contributed by atoms with E-state index in [1.807, 2.05) is 32.0 Å². The van der Waals surface area contributed by atoms with E-state index in [9.17, 15) is 13.5 Å². The number of aliphatic hydroxyl groups excluding tert-OH is 1. The molecule has 0 spiro atoms. The predicted octanol–water partition coefficient (Wildman–Crippen LogP) is 3.01. The number of hydrogen-bond donors (Lipinski definition) is 2. The van der Waals surface area contributed by atoms with E-state index in [0.717, 1.165) is 22.4 Å². The fourth-order valence-corrected chi connectivity index (χ4v) is 5.40. The number of anilines is 1. The largest absolute Gasteiger partial charge is 0.494 e. The van der Waals surface area contributed by atoms with Crippen molar-refractivity contribution in [3.8, 4) is 16.9 Å². The molecule has 3 heterocycles. The third-order valence-electron chi connectivity index (χ3n) is 5.82. The number of β-amino-alcohol motifs (C(OH)–C–C–N with tert-alkyl or cyclic N) is 1. The van der Waals surface area contributed by atoms with Crippen LogP contribution in [-0.4, -0.2) is 60.1 Å². The molecule has 1 aliphatic rings. The first-order chi connectivity index (χ1) is 15.8. The maximum Gasteiger partial charge on any atom is 0.243 e. The van der Waals surface area contributed by atoms with Crippen LogP contribution in [0.15, 0.2) is 59.8 Å². The predicted molar refractivity (Wildman–Crippen MR) is 127 cm³/mol. The second-order valence-electron chi connectivity index (χ2n) is 8.24. The molecule has 33 heavy (non-hydrogen) atoms. The zero-order chi connectivity index (χ0) is 23.6. The monoisotopic (exact) mass is 468 g/mol. The number of piperidine rings is 1. The lowest BCUT2D eigenvalue weighted by atomic mass is 10.0. The van der Waals surface area contributed by atoms with Gasteiger partial charge in [0, 0.05) is 30.5 Å². The molecule has 8 nitrogen and oxygen atoms in total. The summed E-state index contributed by atoms with van der Waals surface area (Å²) in [7, 11) is -2.16. The highest BCUT2D eigenvalue weighted by atomic mass is 32.2. The Morgan fingerprint density at radius 2 is 1.85 bits per heavy atom. The van der Waals surface area contributed by atoms with Crippen LogP contribution in [0, 0.1) is 13.8 Å². The van der Waals surface area contributed by atoms with Gasteiger partial charge < -0.3 is 15.2 Å². The first-order valence-electron chi connectivity index (χ1n) is 10.8. The van der Waals surface area contributed by atoms with E-state index in [-0.39, 0.29) is 17.5 Å². The van der Waals surface area contributed by atoms with Gasteiger partial charge in [-0.05, 0) is 55.7 Å². The van der Waals surface area contributed by atoms with Crippen LogP contribution in [-0.2, 0) is 10.0 Å². The van der Waals surface area contributed by atoms with Crippen LogP contribution < -0.4 is 10.1 Å². The van der Waals surface area contributed by atoms with E-state index in [2.05, 4.69) is 15.3 Å². The van der Waals surface area contributed by atoms with Gasteiger partial charge in [-0.1, -0.05) is 18.2 Å². The number of ether oxygens (including phenoxy) is 1. The van der Waals surface area contributed by atoms with Crippen LogP contribution >= 0.6 is 0 Å². The van der Waals surface area contributed by atoms with E-state index in [1.54, 1.807) is 43.8 Å². The Balaban J connectivity index is 1.47. The molecule has 4 rings (SSSR count). The second kappa shape index (κ2) is 9.46. The average Bonchev–Trinajstić information content (AvgIpc) is 2.81. The summed E-state index contributed by atoms with van der Waals surface area (Å²) < 4.78 is 33.1. The maximum absolute atomic E-state index is 13.2. The van der Waals surface area contributed by atoms with Gasteiger partial charge in [0.1, 0.15) is 11.6 Å². The molecular weight excluding hydrogens is 440 g/mol. The highest BCUT2D eigenvalue weighted by molar-refractivity contribution is 7.89. The van der Waals surface area contributed by atoms with Crippen LogP contribution in [0.25, 0.3) is 11.1 Å². The molecule has 1 saturated heterocycles. The van der Waals surface area contributed by atoms with Gasteiger partial charge in [-0.25, -0.2) is 13.4 Å². The molecule has 0 aliphatic carbocycles. The molecule has 0 unspecified atom stereocenters. The molecule has 2 aromatic heterocycles. The highest BCUT2D eigenvalue weighted by Gasteiger charge is 2.34. The molecule has 1 fully saturated rings. The standard InChI is InChI=1S/C24H28N4O4S/c1-16-4-9-24(26-13-16)27-21-10-11-28(15-22(21)29)33(30,31)19-7-5-18(6-8-19)20-12-17(2)25-14-23(20)32-3/h4-9,12-14,21-22,29H,10-11,15H2,1-3H3,(H,26,27)/t21-,22+/m1/s1. The number of pyridine rings is 2. The Bertz CT molecular complexity index is 1210. The Morgan fingerprint density at radius 1 is 1.09 bits per heavy atom. The van der Waals surface area contributed by atoms with Crippen molar-refractivity contribution in [3.05, 3.63) is 66.1 Å². The summed E-state index contributed by atoms with van der Waals surface area (Å²) in [5, 5.41) is 13.8. The summed E-state index contributed by atoms with van der Waals surface area (Å²) in [5.41, 5.74) is 3.57. The van der Waals surface area contributed by atoms with Crippen molar-refractivity contribution in [1.82, 2.24) is 14.3 Å². The number of aliphatic hydroxyl groups is 1. The lowest BCUT2D eigenvalue weighted by molar-refractivity contribution is 0.0949. The molecule has 1 aliphatic heterocycles. The zero-order valence-electron chi connectivity index (χ0n) is 18.9. The van der Waals surface area contributed by atoms with Crippen LogP contribution in [0.2, 0.25) is 0 Å². The molecule has 0 radical (unpaired) electrons. The molecule has 9 heteroatoms. The topological polar surface area (TPSA) is 105 Å². The quantitative estimate of drug-likeness (QED) is 0.573. The van der Waals surface area contributed by atoms with Gasteiger partial charge in [0.2, 0.25) is 10.0 Å². The first kappa shape index (κ1) is 23.2. The van der Waals surface area contributed by atoms with E-state index in [4.69, 9.17) is 4.74 Å². The molecule has 1 aromatic carbocycles. The summed E-state index contributed by atoms with van der Waals surface area (Å²) in [4.78, 5) is 8.73. The fourth-order valence-electron chi connectivity index (χ4n) is 3.92. The van der Waals surface area contributed by atoms with Crippen molar-refractivity contribution >= 4 is 15.8 Å². The number of methoxy groups -OCH3 is 1. The van der Waals surface area contributed by atoms with Gasteiger partial charge in [-0.15, -0.1) is 0 Å². The van der Waals surface area contributed by atoms with Crippen LogP contribution in [0.3, 0.4) is 0 Å². The van der Waals surface area contributed by atoms with Crippen molar-refractivity contribution in [2.24, 2.45) is 0 Å². The van der Waals surface area contributed by atoms with Gasteiger partial charge in [0.15, 0.2) is 0 Å².